The van der Waals surface area contributed by atoms with E-state index in [-0.39, 0.29) is 6.17 Å². The van der Waals surface area contributed by atoms with Gasteiger partial charge in [-0.1, -0.05) is 23.8 Å². The van der Waals surface area contributed by atoms with E-state index in [1.165, 1.54) is 33.0 Å². The molecule has 1 aliphatic heterocycles. The third-order valence-electron chi connectivity index (χ3n) is 4.28. The average Bonchev–Trinajstić information content (AvgIpc) is 2.96. The van der Waals surface area contributed by atoms with Gasteiger partial charge in [0.05, 0.1) is 11.4 Å². The highest BCUT2D eigenvalue weighted by Crippen LogP contribution is 2.39. The third kappa shape index (κ3) is 2.43. The summed E-state index contributed by atoms with van der Waals surface area (Å²) >= 11 is 1.76. The zero-order valence-electron chi connectivity index (χ0n) is 13.5. The van der Waals surface area contributed by atoms with Crippen molar-refractivity contribution in [3.05, 3.63) is 65.4 Å². The van der Waals surface area contributed by atoms with Gasteiger partial charge in [-0.15, -0.1) is 11.8 Å². The topological polar surface area (TPSA) is 29.9 Å². The van der Waals surface area contributed by atoms with Crippen LogP contribution in [0.5, 0.6) is 0 Å². The van der Waals surface area contributed by atoms with Crippen molar-refractivity contribution in [2.24, 2.45) is 0 Å². The highest BCUT2D eigenvalue weighted by Gasteiger charge is 2.26. The Morgan fingerprint density at radius 3 is 2.57 bits per heavy atom. The number of aryl methyl sites for hydroxylation is 2. The summed E-state index contributed by atoms with van der Waals surface area (Å²) in [6.45, 7) is 4.18. The maximum atomic E-state index is 4.73. The van der Waals surface area contributed by atoms with E-state index in [0.717, 1.165) is 5.69 Å². The fraction of sp³-hybridized carbons (Fsp3) is 0.211. The Labute approximate surface area is 140 Å². The third-order valence-corrected chi connectivity index (χ3v) is 5.02. The van der Waals surface area contributed by atoms with E-state index in [1.54, 1.807) is 11.8 Å². The first kappa shape index (κ1) is 14.4. The predicted molar refractivity (Wildman–Crippen MR) is 97.1 cm³/mol. The number of hydrogen-bond acceptors (Lipinski definition) is 3. The average molecular weight is 321 g/mol. The van der Waals surface area contributed by atoms with Gasteiger partial charge in [0.15, 0.2) is 0 Å². The molecule has 1 N–H and O–H groups in total. The molecule has 0 unspecified atom stereocenters. The molecule has 1 aliphatic rings. The van der Waals surface area contributed by atoms with Crippen LogP contribution >= 0.6 is 11.8 Å². The van der Waals surface area contributed by atoms with Gasteiger partial charge in [0.25, 0.3) is 0 Å². The standard InChI is InChI=1S/C19H19N3S/c1-12-4-9-17-16(10-12)18-11-13(2)21-22(18)19(20-17)14-5-7-15(23-3)8-6-14/h4-11,19-20H,1-3H3/t19-/m1/s1. The smallest absolute Gasteiger partial charge is 0.147 e. The molecule has 0 saturated carbocycles. The summed E-state index contributed by atoms with van der Waals surface area (Å²) < 4.78 is 2.10. The molecule has 1 atom stereocenters. The zero-order chi connectivity index (χ0) is 16.0. The largest absolute Gasteiger partial charge is 0.359 e. The summed E-state index contributed by atoms with van der Waals surface area (Å²) in [6.07, 6.45) is 2.13. The van der Waals surface area contributed by atoms with Crippen LogP contribution in [0.3, 0.4) is 0 Å². The second-order valence-corrected chi connectivity index (χ2v) is 6.86. The van der Waals surface area contributed by atoms with Gasteiger partial charge >= 0.3 is 0 Å². The minimum atomic E-state index is 0.0322. The molecule has 2 heterocycles. The number of hydrogen-bond donors (Lipinski definition) is 1. The van der Waals surface area contributed by atoms with Crippen molar-refractivity contribution in [3.8, 4) is 11.3 Å². The van der Waals surface area contributed by atoms with Crippen molar-refractivity contribution in [3.63, 3.8) is 0 Å². The van der Waals surface area contributed by atoms with E-state index < -0.39 is 0 Å². The number of anilines is 1. The SMILES string of the molecule is CSc1ccc([C@@H]2Nc3ccc(C)cc3-c3cc(C)nn32)cc1. The monoisotopic (exact) mass is 321 g/mol. The van der Waals surface area contributed by atoms with Crippen LogP contribution in [0.1, 0.15) is 23.0 Å². The molecule has 0 radical (unpaired) electrons. The summed E-state index contributed by atoms with van der Waals surface area (Å²) in [7, 11) is 0. The van der Waals surface area contributed by atoms with E-state index in [0.29, 0.717) is 0 Å². The maximum Gasteiger partial charge on any atom is 0.147 e. The molecule has 0 spiro atoms. The second kappa shape index (κ2) is 5.46. The van der Waals surface area contributed by atoms with Gasteiger partial charge in [0, 0.05) is 16.1 Å². The van der Waals surface area contributed by atoms with E-state index in [1.807, 2.05) is 0 Å². The van der Waals surface area contributed by atoms with Crippen LogP contribution in [0.15, 0.2) is 53.4 Å². The molecule has 0 saturated heterocycles. The number of rotatable bonds is 2. The molecule has 0 aliphatic carbocycles. The van der Waals surface area contributed by atoms with Gasteiger partial charge < -0.3 is 5.32 Å². The summed E-state index contributed by atoms with van der Waals surface area (Å²) in [6, 6.07) is 17.4. The van der Waals surface area contributed by atoms with Crippen LogP contribution in [0.4, 0.5) is 5.69 Å². The Morgan fingerprint density at radius 1 is 1.04 bits per heavy atom. The Morgan fingerprint density at radius 2 is 1.83 bits per heavy atom. The molecule has 1 aromatic heterocycles. The normalized spacial score (nSPS) is 15.7. The molecule has 2 aromatic carbocycles. The summed E-state index contributed by atoms with van der Waals surface area (Å²) in [4.78, 5) is 1.28. The quantitative estimate of drug-likeness (QED) is 0.684. The van der Waals surface area contributed by atoms with Gasteiger partial charge in [-0.25, -0.2) is 4.68 Å². The zero-order valence-corrected chi connectivity index (χ0v) is 14.3. The van der Waals surface area contributed by atoms with Crippen LogP contribution in [0, 0.1) is 13.8 Å². The van der Waals surface area contributed by atoms with E-state index in [4.69, 9.17) is 5.10 Å². The van der Waals surface area contributed by atoms with E-state index in [2.05, 4.69) is 78.6 Å². The molecule has 4 heteroatoms. The van der Waals surface area contributed by atoms with Crippen LogP contribution in [-0.2, 0) is 0 Å². The highest BCUT2D eigenvalue weighted by atomic mass is 32.2. The molecule has 0 fully saturated rings. The van der Waals surface area contributed by atoms with Crippen molar-refractivity contribution in [2.75, 3.05) is 11.6 Å². The lowest BCUT2D eigenvalue weighted by atomic mass is 10.0. The van der Waals surface area contributed by atoms with Crippen LogP contribution in [0.25, 0.3) is 11.3 Å². The summed E-state index contributed by atoms with van der Waals surface area (Å²) in [5.74, 6) is 0. The lowest BCUT2D eigenvalue weighted by Crippen LogP contribution is -2.25. The van der Waals surface area contributed by atoms with Crippen molar-refractivity contribution < 1.29 is 0 Å². The Kier molecular flexibility index (Phi) is 3.42. The summed E-state index contributed by atoms with van der Waals surface area (Å²) in [5, 5.41) is 8.37. The molecule has 116 valence electrons. The number of nitrogens with zero attached hydrogens (tertiary/aromatic N) is 2. The van der Waals surface area contributed by atoms with Gasteiger partial charge in [-0.05, 0) is 56.0 Å². The first-order valence-corrected chi connectivity index (χ1v) is 8.96. The van der Waals surface area contributed by atoms with Gasteiger partial charge in [-0.2, -0.15) is 5.10 Å². The Bertz CT molecular complexity index is 865. The number of fused-ring (bicyclic) bond motifs is 3. The molecule has 3 aromatic rings. The number of benzene rings is 2. The second-order valence-electron chi connectivity index (χ2n) is 5.98. The molecule has 0 amide bonds. The Hall–Kier alpha value is -2.20. The number of aromatic nitrogens is 2. The first-order chi connectivity index (χ1) is 11.2. The molecule has 3 nitrogen and oxygen atoms in total. The maximum absolute atomic E-state index is 4.73. The summed E-state index contributed by atoms with van der Waals surface area (Å²) in [5.41, 5.74) is 7.10. The predicted octanol–water partition coefficient (Wildman–Crippen LogP) is 4.86. The van der Waals surface area contributed by atoms with Crippen LogP contribution in [-0.4, -0.2) is 16.0 Å². The molecule has 23 heavy (non-hydrogen) atoms. The van der Waals surface area contributed by atoms with E-state index >= 15 is 0 Å². The molecule has 4 rings (SSSR count). The first-order valence-electron chi connectivity index (χ1n) is 7.73. The van der Waals surface area contributed by atoms with Crippen molar-refractivity contribution in [1.82, 2.24) is 9.78 Å². The fourth-order valence-electron chi connectivity index (χ4n) is 3.13. The van der Waals surface area contributed by atoms with Crippen molar-refractivity contribution >= 4 is 17.4 Å². The van der Waals surface area contributed by atoms with Gasteiger partial charge in [0.2, 0.25) is 0 Å². The lowest BCUT2D eigenvalue weighted by molar-refractivity contribution is 0.571. The number of nitrogens with one attached hydrogen (secondary N) is 1. The van der Waals surface area contributed by atoms with Gasteiger partial charge in [0.1, 0.15) is 6.17 Å². The lowest BCUT2D eigenvalue weighted by Gasteiger charge is -2.29. The molecular formula is C19H19N3S. The van der Waals surface area contributed by atoms with Crippen LogP contribution < -0.4 is 5.32 Å². The van der Waals surface area contributed by atoms with E-state index in [9.17, 15) is 0 Å². The molecular weight excluding hydrogens is 302 g/mol. The minimum absolute atomic E-state index is 0.0322. The van der Waals surface area contributed by atoms with Crippen LogP contribution in [0.2, 0.25) is 0 Å². The fourth-order valence-corrected chi connectivity index (χ4v) is 3.54. The Balaban J connectivity index is 1.85. The molecule has 0 bridgehead atoms. The highest BCUT2D eigenvalue weighted by molar-refractivity contribution is 7.98. The van der Waals surface area contributed by atoms with Crippen molar-refractivity contribution in [1.29, 1.82) is 0 Å². The van der Waals surface area contributed by atoms with Crippen molar-refractivity contribution in [2.45, 2.75) is 24.9 Å². The minimum Gasteiger partial charge on any atom is -0.359 e. The number of thioether (sulfide) groups is 1. The van der Waals surface area contributed by atoms with Gasteiger partial charge in [-0.3, -0.25) is 0 Å².